The van der Waals surface area contributed by atoms with Crippen LogP contribution in [0.25, 0.3) is 0 Å². The maximum absolute atomic E-state index is 12.3. The monoisotopic (exact) mass is 393 g/mol. The molecule has 1 heterocycles. The lowest BCUT2D eigenvalue weighted by Crippen LogP contribution is -2.53. The molecular weight excluding hydrogens is 370 g/mol. The van der Waals surface area contributed by atoms with Crippen molar-refractivity contribution >= 4 is 21.8 Å². The average Bonchev–Trinajstić information content (AvgIpc) is 2.55. The molecule has 2 unspecified atom stereocenters. The second-order valence-corrected chi connectivity index (χ2v) is 7.58. The first kappa shape index (κ1) is 18.9. The lowest BCUT2D eigenvalue weighted by molar-refractivity contribution is -0.126. The number of benzene rings is 1. The Labute approximate surface area is 152 Å². The summed E-state index contributed by atoms with van der Waals surface area (Å²) in [5, 5.41) is 12.2. The number of amides is 1. The van der Waals surface area contributed by atoms with Crippen LogP contribution in [-0.4, -0.2) is 42.6 Å². The Hall–Kier alpha value is -1.42. The predicted molar refractivity (Wildman–Crippen MR) is 96.3 cm³/mol. The molecule has 2 atom stereocenters. The van der Waals surface area contributed by atoms with Crippen molar-refractivity contribution in [3.8, 4) is 6.07 Å². The maximum Gasteiger partial charge on any atom is 0.235 e. The van der Waals surface area contributed by atoms with Gasteiger partial charge in [-0.05, 0) is 30.5 Å². The van der Waals surface area contributed by atoms with E-state index in [0.29, 0.717) is 19.7 Å². The van der Waals surface area contributed by atoms with Crippen LogP contribution in [0.3, 0.4) is 0 Å². The number of hydrogen-bond donors (Lipinski definition) is 1. The Bertz CT molecular complexity index is 612. The fourth-order valence-corrected chi connectivity index (χ4v) is 2.82. The van der Waals surface area contributed by atoms with Gasteiger partial charge in [0.1, 0.15) is 5.54 Å². The van der Waals surface area contributed by atoms with E-state index in [4.69, 9.17) is 4.74 Å². The van der Waals surface area contributed by atoms with Crippen LogP contribution in [0.15, 0.2) is 28.7 Å². The number of nitrogens with zero attached hydrogens (tertiary/aromatic N) is 2. The van der Waals surface area contributed by atoms with E-state index in [1.807, 2.05) is 38.1 Å². The summed E-state index contributed by atoms with van der Waals surface area (Å²) in [6.07, 6.45) is -0.0351. The average molecular weight is 394 g/mol. The van der Waals surface area contributed by atoms with Gasteiger partial charge in [-0.1, -0.05) is 41.9 Å². The van der Waals surface area contributed by atoms with Gasteiger partial charge in [-0.15, -0.1) is 0 Å². The number of morpholine rings is 1. The highest BCUT2D eigenvalue weighted by Gasteiger charge is 2.31. The lowest BCUT2D eigenvalue weighted by atomic mass is 9.90. The number of carbonyl (C=O) groups is 1. The predicted octanol–water partition coefficient (Wildman–Crippen LogP) is 2.88. The molecule has 1 amide bonds. The van der Waals surface area contributed by atoms with E-state index in [0.717, 1.165) is 10.0 Å². The molecule has 0 aromatic heterocycles. The topological polar surface area (TPSA) is 65.4 Å². The van der Waals surface area contributed by atoms with Crippen molar-refractivity contribution in [2.75, 3.05) is 26.2 Å². The number of nitriles is 1. The molecule has 0 spiro atoms. The molecule has 1 aliphatic rings. The maximum atomic E-state index is 12.3. The highest BCUT2D eigenvalue weighted by molar-refractivity contribution is 9.10. The van der Waals surface area contributed by atoms with E-state index in [1.165, 1.54) is 0 Å². The summed E-state index contributed by atoms with van der Waals surface area (Å²) in [5.41, 5.74) is 0.265. The van der Waals surface area contributed by atoms with Crippen LogP contribution in [-0.2, 0) is 9.53 Å². The van der Waals surface area contributed by atoms with Gasteiger partial charge in [-0.2, -0.15) is 5.26 Å². The van der Waals surface area contributed by atoms with Crippen LogP contribution in [0, 0.1) is 17.2 Å². The van der Waals surface area contributed by atoms with Crippen molar-refractivity contribution in [1.82, 2.24) is 10.2 Å². The van der Waals surface area contributed by atoms with E-state index in [2.05, 4.69) is 32.2 Å². The molecule has 6 heteroatoms. The number of halogens is 1. The zero-order valence-corrected chi connectivity index (χ0v) is 16.0. The standard InChI is InChI=1S/C18H24BrN3O2/c1-13(2)18(3,12-20)21-17(23)11-22-8-9-24-16(10-22)14-4-6-15(19)7-5-14/h4-7,13,16H,8-11H2,1-3H3,(H,21,23). The minimum atomic E-state index is -0.839. The Morgan fingerprint density at radius 1 is 1.50 bits per heavy atom. The minimum absolute atomic E-state index is 0.0351. The van der Waals surface area contributed by atoms with Crippen LogP contribution in [0.1, 0.15) is 32.4 Å². The molecule has 130 valence electrons. The minimum Gasteiger partial charge on any atom is -0.371 e. The summed E-state index contributed by atoms with van der Waals surface area (Å²) < 4.78 is 6.87. The Balaban J connectivity index is 1.94. The van der Waals surface area contributed by atoms with Crippen LogP contribution in [0.2, 0.25) is 0 Å². The highest BCUT2D eigenvalue weighted by atomic mass is 79.9. The second-order valence-electron chi connectivity index (χ2n) is 6.66. The zero-order valence-electron chi connectivity index (χ0n) is 14.4. The van der Waals surface area contributed by atoms with E-state index >= 15 is 0 Å². The molecule has 1 saturated heterocycles. The third kappa shape index (κ3) is 4.79. The summed E-state index contributed by atoms with van der Waals surface area (Å²) in [7, 11) is 0. The second kappa shape index (κ2) is 8.11. The molecular formula is C18H24BrN3O2. The van der Waals surface area contributed by atoms with Crippen LogP contribution in [0.5, 0.6) is 0 Å². The summed E-state index contributed by atoms with van der Waals surface area (Å²) in [6.45, 7) is 7.88. The van der Waals surface area contributed by atoms with Gasteiger partial charge in [-0.3, -0.25) is 9.69 Å². The number of ether oxygens (including phenoxy) is 1. The molecule has 1 N–H and O–H groups in total. The molecule has 0 saturated carbocycles. The Morgan fingerprint density at radius 2 is 2.17 bits per heavy atom. The zero-order chi connectivity index (χ0) is 17.7. The van der Waals surface area contributed by atoms with Gasteiger partial charge < -0.3 is 10.1 Å². The Morgan fingerprint density at radius 3 is 2.75 bits per heavy atom. The third-order valence-electron chi connectivity index (χ3n) is 4.55. The third-order valence-corrected chi connectivity index (χ3v) is 5.07. The van der Waals surface area contributed by atoms with E-state index in [1.54, 1.807) is 6.92 Å². The van der Waals surface area contributed by atoms with Crippen molar-refractivity contribution in [3.63, 3.8) is 0 Å². The molecule has 0 radical (unpaired) electrons. The van der Waals surface area contributed by atoms with Gasteiger partial charge in [0.05, 0.1) is 25.3 Å². The smallest absolute Gasteiger partial charge is 0.235 e. The summed E-state index contributed by atoms with van der Waals surface area (Å²) in [5.74, 6) is -0.0733. The first-order chi connectivity index (χ1) is 11.3. The van der Waals surface area contributed by atoms with Gasteiger partial charge in [0, 0.05) is 17.6 Å². The molecule has 0 aliphatic carbocycles. The molecule has 1 fully saturated rings. The summed E-state index contributed by atoms with van der Waals surface area (Å²) in [6, 6.07) is 10.3. The van der Waals surface area contributed by atoms with E-state index in [-0.39, 0.29) is 24.5 Å². The van der Waals surface area contributed by atoms with Crippen molar-refractivity contribution in [2.24, 2.45) is 5.92 Å². The highest BCUT2D eigenvalue weighted by Crippen LogP contribution is 2.24. The van der Waals surface area contributed by atoms with Crippen molar-refractivity contribution < 1.29 is 9.53 Å². The molecule has 1 aliphatic heterocycles. The fraction of sp³-hybridized carbons (Fsp3) is 0.556. The van der Waals surface area contributed by atoms with Crippen LogP contribution < -0.4 is 5.32 Å². The van der Waals surface area contributed by atoms with Crippen LogP contribution in [0.4, 0.5) is 0 Å². The van der Waals surface area contributed by atoms with E-state index < -0.39 is 5.54 Å². The van der Waals surface area contributed by atoms with Crippen molar-refractivity contribution in [3.05, 3.63) is 34.3 Å². The van der Waals surface area contributed by atoms with Gasteiger partial charge in [0.2, 0.25) is 5.91 Å². The van der Waals surface area contributed by atoms with Gasteiger partial charge >= 0.3 is 0 Å². The molecule has 1 aromatic carbocycles. The first-order valence-electron chi connectivity index (χ1n) is 8.15. The lowest BCUT2D eigenvalue weighted by Gasteiger charge is -2.34. The fourth-order valence-electron chi connectivity index (χ4n) is 2.56. The molecule has 1 aromatic rings. The summed E-state index contributed by atoms with van der Waals surface area (Å²) in [4.78, 5) is 14.4. The Kier molecular flexibility index (Phi) is 6.39. The van der Waals surface area contributed by atoms with Gasteiger partial charge in [-0.25, -0.2) is 0 Å². The van der Waals surface area contributed by atoms with Crippen molar-refractivity contribution in [2.45, 2.75) is 32.4 Å². The quantitative estimate of drug-likeness (QED) is 0.834. The SMILES string of the molecule is CC(C)C(C)(C#N)NC(=O)CN1CCOC(c2ccc(Br)cc2)C1. The molecule has 24 heavy (non-hydrogen) atoms. The van der Waals surface area contributed by atoms with Crippen LogP contribution >= 0.6 is 15.9 Å². The molecule has 0 bridgehead atoms. The van der Waals surface area contributed by atoms with E-state index in [9.17, 15) is 10.1 Å². The number of nitrogens with one attached hydrogen (secondary N) is 1. The van der Waals surface area contributed by atoms with Gasteiger partial charge in [0.15, 0.2) is 0 Å². The van der Waals surface area contributed by atoms with Gasteiger partial charge in [0.25, 0.3) is 0 Å². The molecule has 5 nitrogen and oxygen atoms in total. The largest absolute Gasteiger partial charge is 0.371 e. The number of rotatable bonds is 5. The summed E-state index contributed by atoms with van der Waals surface area (Å²) >= 11 is 3.43. The number of hydrogen-bond acceptors (Lipinski definition) is 4. The number of carbonyl (C=O) groups excluding carboxylic acids is 1. The first-order valence-corrected chi connectivity index (χ1v) is 8.95. The molecule has 2 rings (SSSR count). The van der Waals surface area contributed by atoms with Crippen molar-refractivity contribution in [1.29, 1.82) is 5.26 Å². The normalized spacial score (nSPS) is 21.1.